The number of nitrogens with zero attached hydrogens (tertiary/aromatic N) is 6. The Kier molecular flexibility index (Phi) is 27.4. The lowest BCUT2D eigenvalue weighted by Crippen LogP contribution is -2.68. The molecular formula is C79H105FN6O9SSi3. The summed E-state index contributed by atoms with van der Waals surface area (Å²) in [4.78, 5) is 54.6. The lowest BCUT2D eigenvalue weighted by molar-refractivity contribution is 0.0264. The molecule has 0 radical (unpaired) electrons. The summed E-state index contributed by atoms with van der Waals surface area (Å²) in [5.41, 5.74) is -1.75. The average Bonchev–Trinajstić information content (AvgIpc) is 1.50. The molecule has 0 saturated carbocycles. The van der Waals surface area contributed by atoms with Gasteiger partial charge >= 0.3 is 18.3 Å². The molecule has 15 nitrogen and oxygen atoms in total. The largest absolute Gasteiger partial charge is 0.444 e. The Balaban J connectivity index is 0.000000229. The molecule has 6 aromatic rings. The van der Waals surface area contributed by atoms with Crippen molar-refractivity contribution in [1.29, 1.82) is 0 Å². The van der Waals surface area contributed by atoms with Crippen molar-refractivity contribution in [1.82, 2.24) is 14.7 Å². The van der Waals surface area contributed by atoms with E-state index in [-0.39, 0.29) is 63.9 Å². The third kappa shape index (κ3) is 20.1. The molecule has 0 N–H and O–H groups in total. The molecule has 3 saturated heterocycles. The minimum absolute atomic E-state index is 0.193. The van der Waals surface area contributed by atoms with E-state index in [9.17, 15) is 18.3 Å². The second kappa shape index (κ2) is 33.7. The second-order valence-electron chi connectivity index (χ2n) is 31.4. The van der Waals surface area contributed by atoms with Crippen LogP contribution in [0.5, 0.6) is 0 Å². The smallest absolute Gasteiger partial charge is 0.410 e. The molecule has 20 heteroatoms. The van der Waals surface area contributed by atoms with Gasteiger partial charge in [0.1, 0.15) is 54.7 Å². The van der Waals surface area contributed by atoms with Crippen molar-refractivity contribution < 1.29 is 45.8 Å². The molecule has 0 spiro atoms. The Bertz CT molecular complexity index is 3180. The first kappa shape index (κ1) is 80.4. The highest BCUT2D eigenvalue weighted by Crippen LogP contribution is 2.42. The summed E-state index contributed by atoms with van der Waals surface area (Å²) in [6.07, 6.45) is -0.942. The van der Waals surface area contributed by atoms with Gasteiger partial charge in [-0.15, -0.1) is 0 Å². The van der Waals surface area contributed by atoms with E-state index in [1.165, 1.54) is 6.26 Å². The molecule has 3 fully saturated rings. The molecule has 3 aliphatic rings. The number of amides is 3. The lowest BCUT2D eigenvalue weighted by atomic mass is 10.2. The molecule has 3 heterocycles. The second-order valence-corrected chi connectivity index (χ2v) is 44.4. The fraction of sp³-hybridized carbons (Fsp3) is 0.468. The third-order valence-corrected chi connectivity index (χ3v) is 32.6. The number of halogens is 1. The van der Waals surface area contributed by atoms with Gasteiger partial charge < -0.3 is 42.0 Å². The van der Waals surface area contributed by atoms with Crippen molar-refractivity contribution >= 4 is 86.5 Å². The van der Waals surface area contributed by atoms with Gasteiger partial charge in [-0.25, -0.2) is 34.1 Å². The standard InChI is InChI=1S/3C26H34N2O3Si.CH3FS/c3*1-25(2,3)30-24(29)28-18-22(27-7)23(19-28)31-32(26(4,5)6,20-14-10-8-11-15-20)21-16-12-9-13-17-21;1-3-2/h3*8-17,22-23H,18-19H2,1-6H3;1H3/t2*22-,23+;;/m10../s1. The van der Waals surface area contributed by atoms with E-state index in [1.54, 1.807) is 14.7 Å². The van der Waals surface area contributed by atoms with Crippen molar-refractivity contribution in [3.63, 3.8) is 0 Å². The van der Waals surface area contributed by atoms with Gasteiger partial charge in [0.15, 0.2) is 0 Å². The normalized spacial score (nSPS) is 19.1. The molecule has 3 aliphatic heterocycles. The highest BCUT2D eigenvalue weighted by molar-refractivity contribution is 7.93. The topological polar surface area (TPSA) is 129 Å². The monoisotopic (exact) mass is 1420 g/mol. The van der Waals surface area contributed by atoms with E-state index in [0.29, 0.717) is 39.3 Å². The fourth-order valence-corrected chi connectivity index (χ4v) is 27.3. The number of rotatable bonds is 12. The zero-order chi connectivity index (χ0) is 73.4. The highest BCUT2D eigenvalue weighted by atomic mass is 32.2. The van der Waals surface area contributed by atoms with E-state index in [0.717, 1.165) is 31.1 Å². The first-order valence-corrected chi connectivity index (χ1v) is 40.7. The van der Waals surface area contributed by atoms with Crippen LogP contribution in [0.25, 0.3) is 14.5 Å². The van der Waals surface area contributed by atoms with Crippen LogP contribution in [0.3, 0.4) is 0 Å². The molecule has 6 atom stereocenters. The minimum Gasteiger partial charge on any atom is -0.444 e. The summed E-state index contributed by atoms with van der Waals surface area (Å²) in [6, 6.07) is 61.0. The van der Waals surface area contributed by atoms with Crippen LogP contribution in [0, 0.1) is 19.7 Å². The summed E-state index contributed by atoms with van der Waals surface area (Å²) in [5, 5.41) is 6.41. The summed E-state index contributed by atoms with van der Waals surface area (Å²) in [5.74, 6) is 0. The Morgan fingerprint density at radius 2 is 0.515 bits per heavy atom. The van der Waals surface area contributed by atoms with Crippen LogP contribution >= 0.6 is 12.1 Å². The van der Waals surface area contributed by atoms with E-state index in [1.807, 2.05) is 172 Å². The van der Waals surface area contributed by atoms with Crippen molar-refractivity contribution in [3.05, 3.63) is 216 Å². The molecule has 99 heavy (non-hydrogen) atoms. The molecule has 9 rings (SSSR count). The van der Waals surface area contributed by atoms with Crippen molar-refractivity contribution in [2.45, 2.75) is 193 Å². The molecule has 0 bridgehead atoms. The van der Waals surface area contributed by atoms with Crippen molar-refractivity contribution in [2.24, 2.45) is 0 Å². The van der Waals surface area contributed by atoms with E-state index in [2.05, 4.69) is 150 Å². The van der Waals surface area contributed by atoms with Crippen molar-refractivity contribution in [3.8, 4) is 0 Å². The first-order chi connectivity index (χ1) is 46.3. The number of hydrogen-bond acceptors (Lipinski definition) is 10. The molecule has 530 valence electrons. The number of hydrogen-bond donors (Lipinski definition) is 0. The van der Waals surface area contributed by atoms with Crippen LogP contribution in [0.4, 0.5) is 18.3 Å². The van der Waals surface area contributed by atoms with Gasteiger partial charge in [0.2, 0.25) is 0 Å². The predicted octanol–water partition coefficient (Wildman–Crippen LogP) is 14.6. The Morgan fingerprint density at radius 3 is 0.646 bits per heavy atom. The van der Waals surface area contributed by atoms with Gasteiger partial charge in [0.05, 0.1) is 19.6 Å². The predicted molar refractivity (Wildman–Crippen MR) is 407 cm³/mol. The van der Waals surface area contributed by atoms with E-state index in [4.69, 9.17) is 47.2 Å². The maximum absolute atomic E-state index is 12.7. The van der Waals surface area contributed by atoms with Crippen molar-refractivity contribution in [2.75, 3.05) is 45.5 Å². The zero-order valence-corrected chi connectivity index (χ0v) is 65.5. The summed E-state index contributed by atoms with van der Waals surface area (Å²) < 4.78 is 48.3. The number of carbonyl (C=O) groups is 3. The number of carbonyl (C=O) groups excluding carboxylic acids is 3. The molecule has 0 aromatic heterocycles. The molecule has 2 unspecified atom stereocenters. The molecule has 6 aromatic carbocycles. The summed E-state index contributed by atoms with van der Waals surface area (Å²) in [7, 11) is -8.42. The zero-order valence-electron chi connectivity index (χ0n) is 61.7. The van der Waals surface area contributed by atoms with Gasteiger partial charge in [-0.05, 0) is 109 Å². The number of ether oxygens (including phenoxy) is 3. The fourth-order valence-electron chi connectivity index (χ4n) is 13.2. The van der Waals surface area contributed by atoms with Crippen LogP contribution in [-0.4, -0.2) is 157 Å². The van der Waals surface area contributed by atoms with Crippen LogP contribution < -0.4 is 31.1 Å². The van der Waals surface area contributed by atoms with Crippen LogP contribution in [0.15, 0.2) is 182 Å². The Hall–Kier alpha value is -7.59. The number of benzene rings is 6. The van der Waals surface area contributed by atoms with Gasteiger partial charge in [-0.2, -0.15) is 3.89 Å². The van der Waals surface area contributed by atoms with Gasteiger partial charge in [-0.1, -0.05) is 244 Å². The molecule has 3 amide bonds. The Morgan fingerprint density at radius 1 is 0.354 bits per heavy atom. The van der Waals surface area contributed by atoms with E-state index < -0.39 is 59.9 Å². The first-order valence-electron chi connectivity index (χ1n) is 33.9. The SMILES string of the molecule is CSF.[C-]#[N+]C1CN(C(=O)OC(C)(C)C)CC1O[Si](c1ccccc1)(c1ccccc1)C(C)(C)C.[C-]#[N+][C@@H]1CN(C(=O)OC(C)(C)C)C[C@@H]1O[Si](c1ccccc1)(c1ccccc1)C(C)(C)C.[C-]#[N+][C@H]1CN(C(=O)OC(C)(C)C)C[C@H]1O[Si](c1ccccc1)(c1ccccc1)C(C)(C)C. The van der Waals surface area contributed by atoms with Gasteiger partial charge in [0.25, 0.3) is 43.1 Å². The Labute approximate surface area is 598 Å². The summed E-state index contributed by atoms with van der Waals surface area (Å²) >= 11 is 0.250. The number of likely N-dealkylation sites (tertiary alicyclic amines) is 3. The average molecular weight is 1420 g/mol. The van der Waals surface area contributed by atoms with Crippen LogP contribution in [-0.2, 0) is 27.5 Å². The molecule has 0 aliphatic carbocycles. The van der Waals surface area contributed by atoms with Crippen LogP contribution in [0.1, 0.15) is 125 Å². The quantitative estimate of drug-likeness (QED) is 0.0663. The van der Waals surface area contributed by atoms with Gasteiger partial charge in [-0.3, -0.25) is 14.7 Å². The lowest BCUT2D eigenvalue weighted by Gasteiger charge is -2.44. The maximum atomic E-state index is 12.7. The molecular weight excluding hydrogens is 1310 g/mol. The van der Waals surface area contributed by atoms with E-state index >= 15 is 0 Å². The minimum atomic E-state index is -2.81. The third-order valence-electron chi connectivity index (χ3n) is 17.4. The highest BCUT2D eigenvalue weighted by Gasteiger charge is 2.58. The van der Waals surface area contributed by atoms with Crippen LogP contribution in [0.2, 0.25) is 15.1 Å². The maximum Gasteiger partial charge on any atom is 0.410 e. The summed E-state index contributed by atoms with van der Waals surface area (Å²) in [6.45, 7) is 62.0. The van der Waals surface area contributed by atoms with Gasteiger partial charge in [0, 0.05) is 18.4 Å².